The van der Waals surface area contributed by atoms with E-state index in [-0.39, 0.29) is 0 Å². The van der Waals surface area contributed by atoms with E-state index in [0.29, 0.717) is 0 Å². The summed E-state index contributed by atoms with van der Waals surface area (Å²) in [5.74, 6) is 0. The zero-order valence-corrected chi connectivity index (χ0v) is 33.6. The molecule has 0 fully saturated rings. The first-order valence-electron chi connectivity index (χ1n) is 18.9. The van der Waals surface area contributed by atoms with Gasteiger partial charge in [-0.3, -0.25) is 0 Å². The Balaban J connectivity index is 0.000000147. The lowest BCUT2D eigenvalue weighted by Crippen LogP contribution is -1.93. The van der Waals surface area contributed by atoms with Gasteiger partial charge in [-0.2, -0.15) is 0 Å². The van der Waals surface area contributed by atoms with E-state index in [1.165, 1.54) is 80.0 Å². The lowest BCUT2D eigenvalue weighted by Gasteiger charge is -2.15. The van der Waals surface area contributed by atoms with Crippen LogP contribution in [0.5, 0.6) is 0 Å². The molecule has 3 heterocycles. The Hall–Kier alpha value is -6.20. The van der Waals surface area contributed by atoms with Crippen molar-refractivity contribution in [2.75, 3.05) is 0 Å². The number of thiophene rings is 2. The first kappa shape index (κ1) is 35.5. The highest BCUT2D eigenvalue weighted by molar-refractivity contribution is 7.27. The molecule has 7 aromatic carbocycles. The first-order valence-corrected chi connectivity index (χ1v) is 20.6. The average Bonchev–Trinajstić information content (AvgIpc) is 3.78. The second-order valence-electron chi connectivity index (χ2n) is 14.3. The normalized spacial score (nSPS) is 11.6. The summed E-state index contributed by atoms with van der Waals surface area (Å²) in [5, 5.41) is 8.15. The minimum absolute atomic E-state index is 0.945. The highest BCUT2D eigenvalue weighted by atomic mass is 32.1. The molecule has 0 spiro atoms. The molecule has 0 aliphatic rings. The second-order valence-corrected chi connectivity index (χ2v) is 16.5. The minimum atomic E-state index is 0.945. The Labute approximate surface area is 335 Å². The summed E-state index contributed by atoms with van der Waals surface area (Å²) >= 11 is 3.63. The van der Waals surface area contributed by atoms with Crippen LogP contribution in [-0.4, -0.2) is 9.97 Å². The Kier molecular flexibility index (Phi) is 9.38. The number of fused-ring (bicyclic) bond motifs is 8. The molecular formula is C52H40N2S2. The van der Waals surface area contributed by atoms with Crippen molar-refractivity contribution in [2.24, 2.45) is 0 Å². The zero-order valence-electron chi connectivity index (χ0n) is 31.9. The summed E-state index contributed by atoms with van der Waals surface area (Å²) in [6.07, 6.45) is 5.79. The Morgan fingerprint density at radius 1 is 0.554 bits per heavy atom. The Morgan fingerprint density at radius 2 is 1.21 bits per heavy atom. The van der Waals surface area contributed by atoms with E-state index in [1.807, 2.05) is 30.4 Å². The predicted octanol–water partition coefficient (Wildman–Crippen LogP) is 15.5. The van der Waals surface area contributed by atoms with Gasteiger partial charge in [-0.1, -0.05) is 164 Å². The molecule has 0 aliphatic carbocycles. The van der Waals surface area contributed by atoms with Crippen LogP contribution < -0.4 is 0 Å². The van der Waals surface area contributed by atoms with Crippen LogP contribution >= 0.6 is 22.7 Å². The van der Waals surface area contributed by atoms with Gasteiger partial charge in [0.25, 0.3) is 0 Å². The van der Waals surface area contributed by atoms with Crippen LogP contribution in [0.2, 0.25) is 0 Å². The van der Waals surface area contributed by atoms with E-state index in [0.717, 1.165) is 32.9 Å². The second kappa shape index (κ2) is 14.8. The fourth-order valence-corrected chi connectivity index (χ4v) is 10.3. The molecule has 10 rings (SSSR count). The van der Waals surface area contributed by atoms with E-state index in [1.54, 1.807) is 17.4 Å². The smallest absolute Gasteiger partial charge is 0.143 e. The number of aryl methyl sites for hydroxylation is 4. The number of hydrogen-bond donors (Lipinski definition) is 0. The molecule has 270 valence electrons. The monoisotopic (exact) mass is 756 g/mol. The third kappa shape index (κ3) is 6.21. The summed E-state index contributed by atoms with van der Waals surface area (Å²) in [6, 6.07) is 49.9. The van der Waals surface area contributed by atoms with Gasteiger partial charge >= 0.3 is 0 Å². The maximum absolute atomic E-state index is 4.93. The Bertz CT molecular complexity index is 3130. The van der Waals surface area contributed by atoms with Crippen LogP contribution in [0.3, 0.4) is 0 Å². The molecule has 4 heteroatoms. The largest absolute Gasteiger partial charge is 0.248 e. The van der Waals surface area contributed by atoms with E-state index in [4.69, 9.17) is 9.97 Å². The van der Waals surface area contributed by atoms with Crippen LogP contribution in [-0.2, 0) is 0 Å². The van der Waals surface area contributed by atoms with Crippen LogP contribution in [0.1, 0.15) is 27.3 Å². The molecule has 0 bridgehead atoms. The summed E-state index contributed by atoms with van der Waals surface area (Å²) in [6.45, 7) is 12.4. The van der Waals surface area contributed by atoms with Gasteiger partial charge in [0.2, 0.25) is 0 Å². The van der Waals surface area contributed by atoms with Crippen molar-refractivity contribution in [1.29, 1.82) is 0 Å². The number of rotatable bonds is 5. The van der Waals surface area contributed by atoms with Crippen molar-refractivity contribution >= 4 is 80.8 Å². The van der Waals surface area contributed by atoms with Crippen molar-refractivity contribution < 1.29 is 0 Å². The van der Waals surface area contributed by atoms with Gasteiger partial charge in [-0.05, 0) is 82.6 Å². The van der Waals surface area contributed by atoms with Gasteiger partial charge in [0, 0.05) is 36.2 Å². The van der Waals surface area contributed by atoms with Gasteiger partial charge in [0.15, 0.2) is 0 Å². The fourth-order valence-electron chi connectivity index (χ4n) is 7.99. The summed E-state index contributed by atoms with van der Waals surface area (Å²) < 4.78 is 2.81. The highest BCUT2D eigenvalue weighted by Gasteiger charge is 2.19. The van der Waals surface area contributed by atoms with Gasteiger partial charge in [0.05, 0.1) is 11.4 Å². The summed E-state index contributed by atoms with van der Waals surface area (Å²) in [5.41, 5.74) is 12.9. The van der Waals surface area contributed by atoms with Crippen LogP contribution in [0, 0.1) is 27.7 Å². The molecule has 0 aliphatic heterocycles. The first-order chi connectivity index (χ1) is 27.4. The number of allylic oxidation sites excluding steroid dienone is 2. The van der Waals surface area contributed by atoms with Crippen molar-refractivity contribution in [3.05, 3.63) is 186 Å². The average molecular weight is 757 g/mol. The predicted molar refractivity (Wildman–Crippen MR) is 246 cm³/mol. The van der Waals surface area contributed by atoms with Crippen molar-refractivity contribution in [3.63, 3.8) is 0 Å². The highest BCUT2D eigenvalue weighted by Crippen LogP contribution is 2.47. The molecule has 0 unspecified atom stereocenters. The molecule has 3 aromatic heterocycles. The zero-order chi connectivity index (χ0) is 38.3. The number of aromatic nitrogens is 2. The maximum atomic E-state index is 4.93. The lowest BCUT2D eigenvalue weighted by molar-refractivity contribution is 1.20. The molecule has 0 amide bonds. The van der Waals surface area contributed by atoms with Crippen molar-refractivity contribution in [3.8, 4) is 33.5 Å². The quantitative estimate of drug-likeness (QED) is 0.163. The van der Waals surface area contributed by atoms with Crippen LogP contribution in [0.25, 0.3) is 91.7 Å². The van der Waals surface area contributed by atoms with Gasteiger partial charge < -0.3 is 0 Å². The fraction of sp³-hybridized carbons (Fsp3) is 0.0769. The molecule has 0 N–H and O–H groups in total. The number of hydrogen-bond acceptors (Lipinski definition) is 4. The number of nitrogens with zero attached hydrogens (tertiary/aromatic N) is 2. The number of benzene rings is 7. The lowest BCUT2D eigenvalue weighted by atomic mass is 9.89. The molecular weight excluding hydrogens is 717 g/mol. The SMILES string of the molecule is C=C/C=C\c1c(C)sc2nc(-c3ccc(-c4ccccc4)cc3)c(C)nc12.Cc1ccccc1-c1c(C)c2sc3c4ccccc4ccc3c2c2ccccc12. The van der Waals surface area contributed by atoms with Crippen molar-refractivity contribution in [1.82, 2.24) is 9.97 Å². The topological polar surface area (TPSA) is 25.8 Å². The molecule has 0 saturated carbocycles. The van der Waals surface area contributed by atoms with Crippen LogP contribution in [0.4, 0.5) is 0 Å². The molecule has 2 nitrogen and oxygen atoms in total. The van der Waals surface area contributed by atoms with Crippen molar-refractivity contribution in [2.45, 2.75) is 27.7 Å². The minimum Gasteiger partial charge on any atom is -0.248 e. The molecule has 0 saturated heterocycles. The summed E-state index contributed by atoms with van der Waals surface area (Å²) in [7, 11) is 0. The maximum Gasteiger partial charge on any atom is 0.143 e. The molecule has 0 atom stereocenters. The van der Waals surface area contributed by atoms with E-state index in [9.17, 15) is 0 Å². The van der Waals surface area contributed by atoms with E-state index >= 15 is 0 Å². The van der Waals surface area contributed by atoms with Gasteiger partial charge in [-0.15, -0.1) is 22.7 Å². The van der Waals surface area contributed by atoms with Crippen LogP contribution in [0.15, 0.2) is 158 Å². The molecule has 10 aromatic rings. The standard InChI is InChI=1S/C28H20S.C24H20N2S/c1-17-9-3-5-11-20(17)25-18(2)27-26(23-14-8-7-13-22(23)25)24-16-15-19-10-4-6-12-21(19)28(24)29-27;1-4-5-11-21-17(3)27-24-23(21)25-16(2)22(26-24)20-14-12-19(13-15-20)18-9-7-6-8-10-18/h3-16H,1-2H3;4-15H,1H2,2-3H3/b;11-5-. The van der Waals surface area contributed by atoms with Gasteiger partial charge in [-0.25, -0.2) is 9.97 Å². The third-order valence-electron chi connectivity index (χ3n) is 10.8. The molecule has 0 radical (unpaired) electrons. The van der Waals surface area contributed by atoms with E-state index < -0.39 is 0 Å². The Morgan fingerprint density at radius 3 is 1.98 bits per heavy atom. The summed E-state index contributed by atoms with van der Waals surface area (Å²) in [4.78, 5) is 12.0. The van der Waals surface area contributed by atoms with E-state index in [2.05, 4.69) is 167 Å². The third-order valence-corrected chi connectivity index (χ3v) is 13.1. The van der Waals surface area contributed by atoms with Gasteiger partial charge in [0.1, 0.15) is 10.3 Å². The molecule has 56 heavy (non-hydrogen) atoms.